The highest BCUT2D eigenvalue weighted by Gasteiger charge is 2.31. The number of phenolic OH excluding ortho intramolecular Hbond substituents is 2. The van der Waals surface area contributed by atoms with Gasteiger partial charge in [-0.15, -0.1) is 10.2 Å². The smallest absolute Gasteiger partial charge is 0.289 e. The zero-order chi connectivity index (χ0) is 23.4. The van der Waals surface area contributed by atoms with E-state index in [0.717, 1.165) is 44.3 Å². The Hall–Kier alpha value is -2.61. The van der Waals surface area contributed by atoms with Crippen molar-refractivity contribution < 1.29 is 15.0 Å². The number of hydrogen-bond donors (Lipinski definition) is 3. The molecule has 3 N–H and O–H groups in total. The average Bonchev–Trinajstić information content (AvgIpc) is 3.20. The summed E-state index contributed by atoms with van der Waals surface area (Å²) in [5, 5.41) is 32.3. The van der Waals surface area contributed by atoms with Crippen molar-refractivity contribution in [3.05, 3.63) is 23.5 Å². The van der Waals surface area contributed by atoms with Crippen LogP contribution in [0.15, 0.2) is 12.1 Å². The van der Waals surface area contributed by atoms with Crippen LogP contribution in [0.3, 0.4) is 0 Å². The number of hydrogen-bond acceptors (Lipinski definition) is 6. The van der Waals surface area contributed by atoms with Gasteiger partial charge in [0, 0.05) is 24.7 Å². The maximum atomic E-state index is 12.8. The second-order valence-electron chi connectivity index (χ2n) is 8.84. The van der Waals surface area contributed by atoms with Crippen molar-refractivity contribution in [3.8, 4) is 22.9 Å². The molecule has 1 amide bonds. The predicted molar refractivity (Wildman–Crippen MR) is 125 cm³/mol. The molecule has 1 fully saturated rings. The van der Waals surface area contributed by atoms with Crippen molar-refractivity contribution in [3.63, 3.8) is 0 Å². The second kappa shape index (κ2) is 10.3. The van der Waals surface area contributed by atoms with Crippen LogP contribution in [0.25, 0.3) is 11.4 Å². The fraction of sp³-hybridized carbons (Fsp3) is 0.625. The highest BCUT2D eigenvalue weighted by molar-refractivity contribution is 5.91. The van der Waals surface area contributed by atoms with Gasteiger partial charge in [0.2, 0.25) is 5.82 Å². The Balaban J connectivity index is 2.03. The van der Waals surface area contributed by atoms with Gasteiger partial charge in [-0.2, -0.15) is 0 Å². The summed E-state index contributed by atoms with van der Waals surface area (Å²) in [5.41, 5.74) is 1.21. The van der Waals surface area contributed by atoms with E-state index in [9.17, 15) is 15.0 Å². The van der Waals surface area contributed by atoms with Crippen molar-refractivity contribution in [1.29, 1.82) is 0 Å². The maximum absolute atomic E-state index is 12.8. The van der Waals surface area contributed by atoms with Gasteiger partial charge in [0.15, 0.2) is 5.82 Å². The predicted octanol–water partition coefficient (Wildman–Crippen LogP) is 4.05. The maximum Gasteiger partial charge on any atom is 0.289 e. The number of aromatic nitrogens is 3. The Morgan fingerprint density at radius 2 is 1.75 bits per heavy atom. The summed E-state index contributed by atoms with van der Waals surface area (Å²) in [6.07, 6.45) is 3.90. The van der Waals surface area contributed by atoms with Gasteiger partial charge in [-0.1, -0.05) is 27.7 Å². The molecule has 8 nitrogen and oxygen atoms in total. The molecular weight excluding hydrogens is 406 g/mol. The Morgan fingerprint density at radius 1 is 1.09 bits per heavy atom. The second-order valence-corrected chi connectivity index (χ2v) is 8.84. The highest BCUT2D eigenvalue weighted by Crippen LogP contribution is 2.40. The molecule has 0 saturated heterocycles. The number of rotatable bonds is 8. The van der Waals surface area contributed by atoms with Crippen LogP contribution in [0, 0.1) is 0 Å². The molecule has 3 rings (SSSR count). The van der Waals surface area contributed by atoms with Crippen LogP contribution in [-0.2, 0) is 0 Å². The van der Waals surface area contributed by atoms with Gasteiger partial charge >= 0.3 is 0 Å². The summed E-state index contributed by atoms with van der Waals surface area (Å²) in [4.78, 5) is 15.3. The van der Waals surface area contributed by atoms with E-state index in [0.29, 0.717) is 24.0 Å². The summed E-state index contributed by atoms with van der Waals surface area (Å²) < 4.78 is 1.90. The molecule has 32 heavy (non-hydrogen) atoms. The highest BCUT2D eigenvalue weighted by atomic mass is 16.3. The SMILES string of the molecule is CCNC(=O)c1nnc(-c2cc(C(C)C)c(O)cc2O)n1C1CCC(N(CC)CC)CC1. The third kappa shape index (κ3) is 4.75. The number of phenols is 2. The zero-order valence-corrected chi connectivity index (χ0v) is 19.9. The average molecular weight is 444 g/mol. The van der Waals surface area contributed by atoms with E-state index in [1.54, 1.807) is 6.07 Å². The normalized spacial score (nSPS) is 19.0. The molecule has 1 heterocycles. The van der Waals surface area contributed by atoms with Crippen molar-refractivity contribution in [2.45, 2.75) is 78.3 Å². The molecule has 2 aromatic rings. The molecule has 0 bridgehead atoms. The molecule has 1 aliphatic rings. The van der Waals surface area contributed by atoms with Gasteiger partial charge in [-0.05, 0) is 63.2 Å². The van der Waals surface area contributed by atoms with Crippen LogP contribution >= 0.6 is 0 Å². The molecule has 1 saturated carbocycles. The zero-order valence-electron chi connectivity index (χ0n) is 19.9. The van der Waals surface area contributed by atoms with E-state index in [4.69, 9.17) is 0 Å². The summed E-state index contributed by atoms with van der Waals surface area (Å²) in [5.74, 6) is 0.525. The Bertz CT molecular complexity index is 928. The summed E-state index contributed by atoms with van der Waals surface area (Å²) in [7, 11) is 0. The third-order valence-electron chi connectivity index (χ3n) is 6.60. The van der Waals surface area contributed by atoms with Gasteiger partial charge in [0.1, 0.15) is 11.5 Å². The van der Waals surface area contributed by atoms with E-state index in [2.05, 4.69) is 34.3 Å². The summed E-state index contributed by atoms with van der Waals surface area (Å²) in [6.45, 7) is 12.8. The Morgan fingerprint density at radius 3 is 2.31 bits per heavy atom. The Labute approximate surface area is 190 Å². The molecule has 1 aliphatic carbocycles. The largest absolute Gasteiger partial charge is 0.508 e. The van der Waals surface area contributed by atoms with Crippen LogP contribution < -0.4 is 5.32 Å². The fourth-order valence-corrected chi connectivity index (χ4v) is 4.87. The number of nitrogens with one attached hydrogen (secondary N) is 1. The topological polar surface area (TPSA) is 104 Å². The molecule has 1 aromatic carbocycles. The number of amides is 1. The standard InChI is InChI=1S/C24H37N5O3/c1-6-25-24(32)23-27-26-22(19-13-18(15(4)5)20(30)14-21(19)31)29(23)17-11-9-16(10-12-17)28(7-2)8-3/h13-17,30-31H,6-12H2,1-5H3,(H,25,32). The number of benzene rings is 1. The number of carbonyl (C=O) groups excluding carboxylic acids is 1. The molecule has 8 heteroatoms. The minimum absolute atomic E-state index is 0.0518. The van der Waals surface area contributed by atoms with E-state index in [1.165, 1.54) is 6.07 Å². The van der Waals surface area contributed by atoms with Crippen molar-refractivity contribution in [2.24, 2.45) is 0 Å². The lowest BCUT2D eigenvalue weighted by atomic mass is 9.89. The third-order valence-corrected chi connectivity index (χ3v) is 6.60. The Kier molecular flexibility index (Phi) is 7.77. The molecule has 0 atom stereocenters. The van der Waals surface area contributed by atoms with Crippen LogP contribution in [-0.4, -0.2) is 61.5 Å². The van der Waals surface area contributed by atoms with E-state index < -0.39 is 0 Å². The number of aromatic hydroxyl groups is 2. The lowest BCUT2D eigenvalue weighted by molar-refractivity contribution is 0.0932. The van der Waals surface area contributed by atoms with Crippen molar-refractivity contribution in [2.75, 3.05) is 19.6 Å². The number of nitrogens with zero attached hydrogens (tertiary/aromatic N) is 4. The summed E-state index contributed by atoms with van der Waals surface area (Å²) in [6, 6.07) is 3.73. The first-order chi connectivity index (χ1) is 15.3. The molecule has 1 aromatic heterocycles. The van der Waals surface area contributed by atoms with Crippen LogP contribution in [0.4, 0.5) is 0 Å². The molecule has 176 valence electrons. The molecular formula is C24H37N5O3. The minimum atomic E-state index is -0.264. The fourth-order valence-electron chi connectivity index (χ4n) is 4.87. The first kappa shape index (κ1) is 24.0. The van der Waals surface area contributed by atoms with Gasteiger partial charge < -0.3 is 20.4 Å². The van der Waals surface area contributed by atoms with E-state index >= 15 is 0 Å². The van der Waals surface area contributed by atoms with Gasteiger partial charge in [-0.25, -0.2) is 0 Å². The van der Waals surface area contributed by atoms with Crippen LogP contribution in [0.5, 0.6) is 11.5 Å². The first-order valence-corrected chi connectivity index (χ1v) is 11.9. The lowest BCUT2D eigenvalue weighted by Gasteiger charge is -2.36. The van der Waals surface area contributed by atoms with Crippen molar-refractivity contribution in [1.82, 2.24) is 25.0 Å². The monoisotopic (exact) mass is 443 g/mol. The quantitative estimate of drug-likeness (QED) is 0.569. The molecule has 0 radical (unpaired) electrons. The molecule has 0 unspecified atom stereocenters. The van der Waals surface area contributed by atoms with Gasteiger partial charge in [0.25, 0.3) is 5.91 Å². The molecule has 0 aliphatic heterocycles. The van der Waals surface area contributed by atoms with Crippen LogP contribution in [0.2, 0.25) is 0 Å². The lowest BCUT2D eigenvalue weighted by Crippen LogP contribution is -2.38. The van der Waals surface area contributed by atoms with E-state index in [1.807, 2.05) is 25.3 Å². The van der Waals surface area contributed by atoms with Gasteiger partial charge in [0.05, 0.1) is 5.56 Å². The van der Waals surface area contributed by atoms with Gasteiger partial charge in [-0.3, -0.25) is 9.36 Å². The van der Waals surface area contributed by atoms with Crippen molar-refractivity contribution >= 4 is 5.91 Å². The summed E-state index contributed by atoms with van der Waals surface area (Å²) >= 11 is 0. The first-order valence-electron chi connectivity index (χ1n) is 11.9. The molecule has 0 spiro atoms. The van der Waals surface area contributed by atoms with E-state index in [-0.39, 0.29) is 35.2 Å². The number of carbonyl (C=O) groups is 1. The van der Waals surface area contributed by atoms with Crippen LogP contribution in [0.1, 0.15) is 88.4 Å². The minimum Gasteiger partial charge on any atom is -0.508 e.